The number of aryl methyl sites for hydroxylation is 1. The van der Waals surface area contributed by atoms with Gasteiger partial charge in [-0.3, -0.25) is 0 Å². The van der Waals surface area contributed by atoms with E-state index in [1.54, 1.807) is 25.3 Å². The van der Waals surface area contributed by atoms with E-state index < -0.39 is 0 Å². The lowest BCUT2D eigenvalue weighted by Gasteiger charge is -2.16. The lowest BCUT2D eigenvalue weighted by molar-refractivity contribution is 0.277. The van der Waals surface area contributed by atoms with Crippen molar-refractivity contribution in [2.24, 2.45) is 0 Å². The largest absolute Gasteiger partial charge is 0.493 e. The predicted molar refractivity (Wildman–Crippen MR) is 102 cm³/mol. The van der Waals surface area contributed by atoms with Crippen LogP contribution in [0.4, 0.5) is 10.1 Å². The van der Waals surface area contributed by atoms with E-state index in [9.17, 15) is 4.39 Å². The van der Waals surface area contributed by atoms with Gasteiger partial charge in [-0.1, -0.05) is 48.0 Å². The molecule has 0 saturated heterocycles. The van der Waals surface area contributed by atoms with Gasteiger partial charge in [-0.15, -0.1) is 0 Å². The van der Waals surface area contributed by atoms with E-state index in [4.69, 9.17) is 9.47 Å². The average molecular weight is 351 g/mol. The lowest BCUT2D eigenvalue weighted by atomic mass is 10.1. The van der Waals surface area contributed by atoms with E-state index in [2.05, 4.69) is 24.4 Å². The molecule has 0 amide bonds. The summed E-state index contributed by atoms with van der Waals surface area (Å²) < 4.78 is 25.2. The van der Waals surface area contributed by atoms with Gasteiger partial charge in [0.25, 0.3) is 0 Å². The summed E-state index contributed by atoms with van der Waals surface area (Å²) in [6.07, 6.45) is 0. The smallest absolute Gasteiger partial charge is 0.166 e. The molecule has 4 heteroatoms. The minimum absolute atomic E-state index is 0.143. The highest BCUT2D eigenvalue weighted by molar-refractivity contribution is 5.50. The van der Waals surface area contributed by atoms with E-state index in [-0.39, 0.29) is 12.4 Å². The number of hydrogen-bond donors (Lipinski definition) is 1. The Labute approximate surface area is 153 Å². The second-order valence-corrected chi connectivity index (χ2v) is 6.05. The first-order valence-electron chi connectivity index (χ1n) is 8.50. The molecule has 3 aromatic carbocycles. The molecule has 1 N–H and O–H groups in total. The average Bonchev–Trinajstić information content (AvgIpc) is 2.67. The number of para-hydroxylation sites is 1. The lowest BCUT2D eigenvalue weighted by Crippen LogP contribution is -2.06. The zero-order valence-corrected chi connectivity index (χ0v) is 15.0. The number of hydrogen-bond acceptors (Lipinski definition) is 3. The third-order valence-corrected chi connectivity index (χ3v) is 4.14. The van der Waals surface area contributed by atoms with Gasteiger partial charge in [0, 0.05) is 23.4 Å². The molecule has 3 nitrogen and oxygen atoms in total. The molecule has 0 aromatic heterocycles. The first-order valence-corrected chi connectivity index (χ1v) is 8.50. The third-order valence-electron chi connectivity index (χ3n) is 4.14. The monoisotopic (exact) mass is 351 g/mol. The van der Waals surface area contributed by atoms with E-state index in [0.29, 0.717) is 23.6 Å². The molecule has 0 spiro atoms. The highest BCUT2D eigenvalue weighted by Crippen LogP contribution is 2.32. The molecule has 0 unspecified atom stereocenters. The van der Waals surface area contributed by atoms with Crippen LogP contribution in [0.15, 0.2) is 66.7 Å². The van der Waals surface area contributed by atoms with Crippen LogP contribution in [0.1, 0.15) is 16.7 Å². The molecule has 0 aliphatic rings. The molecule has 0 bridgehead atoms. The Balaban J connectivity index is 1.77. The number of anilines is 1. The minimum atomic E-state index is -0.276. The number of ether oxygens (including phenoxy) is 2. The Bertz CT molecular complexity index is 862. The molecule has 3 aromatic rings. The molecule has 3 rings (SSSR count). The Hall–Kier alpha value is -3.01. The van der Waals surface area contributed by atoms with Gasteiger partial charge in [-0.05, 0) is 31.2 Å². The molecule has 0 atom stereocenters. The first kappa shape index (κ1) is 17.8. The third kappa shape index (κ3) is 4.33. The van der Waals surface area contributed by atoms with Crippen molar-refractivity contribution < 1.29 is 13.9 Å². The summed E-state index contributed by atoms with van der Waals surface area (Å²) in [5.74, 6) is 0.976. The number of benzene rings is 3. The Kier molecular flexibility index (Phi) is 5.74. The van der Waals surface area contributed by atoms with Gasteiger partial charge in [-0.25, -0.2) is 4.39 Å². The Morgan fingerprint density at radius 3 is 2.35 bits per heavy atom. The zero-order valence-electron chi connectivity index (χ0n) is 15.0. The van der Waals surface area contributed by atoms with Crippen LogP contribution in [0.25, 0.3) is 0 Å². The van der Waals surface area contributed by atoms with E-state index in [1.165, 1.54) is 11.6 Å². The summed E-state index contributed by atoms with van der Waals surface area (Å²) in [7, 11) is 1.60. The zero-order chi connectivity index (χ0) is 18.4. The molecule has 0 aliphatic carbocycles. The summed E-state index contributed by atoms with van der Waals surface area (Å²) in [6, 6.07) is 20.5. The quantitative estimate of drug-likeness (QED) is 0.624. The molecular weight excluding hydrogens is 329 g/mol. The first-order chi connectivity index (χ1) is 12.7. The van der Waals surface area contributed by atoms with Gasteiger partial charge >= 0.3 is 0 Å². The van der Waals surface area contributed by atoms with Gasteiger partial charge in [0.15, 0.2) is 11.5 Å². The van der Waals surface area contributed by atoms with Crippen LogP contribution in [-0.4, -0.2) is 7.11 Å². The molecule has 0 radical (unpaired) electrons. The van der Waals surface area contributed by atoms with Crippen molar-refractivity contribution in [1.82, 2.24) is 0 Å². The topological polar surface area (TPSA) is 30.5 Å². The van der Waals surface area contributed by atoms with E-state index in [0.717, 1.165) is 11.3 Å². The molecule has 0 heterocycles. The van der Waals surface area contributed by atoms with Crippen LogP contribution in [0.2, 0.25) is 0 Å². The predicted octanol–water partition coefficient (Wildman–Crippen LogP) is 5.33. The molecule has 0 saturated carbocycles. The van der Waals surface area contributed by atoms with Crippen molar-refractivity contribution in [2.45, 2.75) is 20.1 Å². The van der Waals surface area contributed by atoms with Crippen molar-refractivity contribution in [1.29, 1.82) is 0 Å². The molecule has 0 fully saturated rings. The van der Waals surface area contributed by atoms with Crippen LogP contribution in [0.5, 0.6) is 11.5 Å². The number of methoxy groups -OCH3 is 1. The maximum Gasteiger partial charge on any atom is 0.166 e. The van der Waals surface area contributed by atoms with E-state index >= 15 is 0 Å². The van der Waals surface area contributed by atoms with Crippen molar-refractivity contribution in [3.05, 3.63) is 89.2 Å². The van der Waals surface area contributed by atoms with Crippen molar-refractivity contribution in [2.75, 3.05) is 12.4 Å². The molecular formula is C22H22FNO2. The fourth-order valence-corrected chi connectivity index (χ4v) is 2.66. The maximum atomic E-state index is 13.9. The number of rotatable bonds is 7. The summed E-state index contributed by atoms with van der Waals surface area (Å²) in [4.78, 5) is 0. The van der Waals surface area contributed by atoms with Gasteiger partial charge in [0.2, 0.25) is 0 Å². The summed E-state index contributed by atoms with van der Waals surface area (Å²) in [5, 5.41) is 3.38. The second-order valence-electron chi connectivity index (χ2n) is 6.05. The van der Waals surface area contributed by atoms with Crippen molar-refractivity contribution in [3.8, 4) is 11.5 Å². The summed E-state index contributed by atoms with van der Waals surface area (Å²) >= 11 is 0. The van der Waals surface area contributed by atoms with Gasteiger partial charge in [0.05, 0.1) is 7.11 Å². The number of nitrogens with one attached hydrogen (secondary N) is 1. The summed E-state index contributed by atoms with van der Waals surface area (Å²) in [5.41, 5.74) is 3.70. The second kappa shape index (κ2) is 8.39. The van der Waals surface area contributed by atoms with Crippen molar-refractivity contribution in [3.63, 3.8) is 0 Å². The highest BCUT2D eigenvalue weighted by Gasteiger charge is 2.12. The highest BCUT2D eigenvalue weighted by atomic mass is 19.1. The van der Waals surface area contributed by atoms with E-state index in [1.807, 2.05) is 30.3 Å². The van der Waals surface area contributed by atoms with Gasteiger partial charge < -0.3 is 14.8 Å². The minimum Gasteiger partial charge on any atom is -0.493 e. The molecule has 134 valence electrons. The van der Waals surface area contributed by atoms with Gasteiger partial charge in [-0.2, -0.15) is 0 Å². The molecule has 26 heavy (non-hydrogen) atoms. The van der Waals surface area contributed by atoms with Crippen LogP contribution in [-0.2, 0) is 13.2 Å². The fraction of sp³-hybridized carbons (Fsp3) is 0.182. The fourth-order valence-electron chi connectivity index (χ4n) is 2.66. The van der Waals surface area contributed by atoms with Crippen LogP contribution >= 0.6 is 0 Å². The van der Waals surface area contributed by atoms with Crippen molar-refractivity contribution >= 4 is 5.69 Å². The van der Waals surface area contributed by atoms with Crippen LogP contribution < -0.4 is 14.8 Å². The normalized spacial score (nSPS) is 10.4. The molecule has 0 aliphatic heterocycles. The van der Waals surface area contributed by atoms with Crippen LogP contribution in [0.3, 0.4) is 0 Å². The Morgan fingerprint density at radius 2 is 1.62 bits per heavy atom. The van der Waals surface area contributed by atoms with Crippen LogP contribution in [0, 0.1) is 12.7 Å². The SMILES string of the molecule is COc1cccc(CNc2ccc(C)cc2)c1OCc1ccccc1F. The Morgan fingerprint density at radius 1 is 0.885 bits per heavy atom. The maximum absolute atomic E-state index is 13.9. The standard InChI is InChI=1S/C22H22FNO2/c1-16-10-12-19(13-11-16)24-14-17-7-5-9-21(25-2)22(17)26-15-18-6-3-4-8-20(18)23/h3-13,24H,14-15H2,1-2H3. The summed E-state index contributed by atoms with van der Waals surface area (Å²) in [6.45, 7) is 2.78. The number of halogens is 1. The van der Waals surface area contributed by atoms with Gasteiger partial charge in [0.1, 0.15) is 12.4 Å².